The molecule has 0 unspecified atom stereocenters. The number of fused-ring (bicyclic) bond motifs is 8. The van der Waals surface area contributed by atoms with Gasteiger partial charge >= 0.3 is 26.2 Å². The second-order valence-electron chi connectivity index (χ2n) is 21.5. The van der Waals surface area contributed by atoms with Crippen LogP contribution in [-0.4, -0.2) is 98.0 Å². The molecule has 8 aliphatic carbocycles. The van der Waals surface area contributed by atoms with Gasteiger partial charge < -0.3 is 18.2 Å². The quantitative estimate of drug-likeness (QED) is 0.313. The summed E-state index contributed by atoms with van der Waals surface area (Å²) in [5, 5.41) is 0. The van der Waals surface area contributed by atoms with E-state index < -0.39 is 85.1 Å². The summed E-state index contributed by atoms with van der Waals surface area (Å²) in [6, 6.07) is 0. The largest absolute Gasteiger partial charge is 4.00 e. The summed E-state index contributed by atoms with van der Waals surface area (Å²) in [6.07, 6.45) is 7.51. The minimum atomic E-state index is -4.33. The molecule has 0 radical (unpaired) electrons. The first-order chi connectivity index (χ1) is 26.8. The number of carbonyl (C=O) groups is 4. The Morgan fingerprint density at radius 2 is 0.525 bits per heavy atom. The fourth-order valence-electron chi connectivity index (χ4n) is 13.6. The molecule has 61 heavy (non-hydrogen) atoms. The maximum atomic E-state index is 11.8. The molecule has 8 atom stereocenters. The van der Waals surface area contributed by atoms with E-state index in [-0.39, 0.29) is 94.7 Å². The predicted molar refractivity (Wildman–Crippen MR) is 213 cm³/mol. The van der Waals surface area contributed by atoms with Crippen molar-refractivity contribution < 1.29 is 97.3 Å². The van der Waals surface area contributed by atoms with E-state index >= 15 is 0 Å². The van der Waals surface area contributed by atoms with Crippen molar-refractivity contribution in [2.24, 2.45) is 67.0 Å². The van der Waals surface area contributed by atoms with E-state index in [2.05, 4.69) is 0 Å². The van der Waals surface area contributed by atoms with Gasteiger partial charge in [-0.1, -0.05) is 55.4 Å². The van der Waals surface area contributed by atoms with Crippen LogP contribution < -0.4 is 0 Å². The van der Waals surface area contributed by atoms with Gasteiger partial charge in [-0.2, -0.15) is 0 Å². The van der Waals surface area contributed by atoms with Crippen LogP contribution in [0, 0.1) is 67.0 Å². The van der Waals surface area contributed by atoms with Crippen LogP contribution in [0.4, 0.5) is 0 Å². The molecule has 0 spiro atoms. The fourth-order valence-corrected chi connectivity index (χ4v) is 18.8. The molecule has 16 nitrogen and oxygen atoms in total. The Hall–Kier alpha value is -0.797. The number of ketones is 4. The number of hydrogen-bond donors (Lipinski definition) is 0. The molecule has 0 aromatic rings. The van der Waals surface area contributed by atoms with Gasteiger partial charge in [-0.05, 0) is 96.7 Å². The maximum absolute atomic E-state index is 11.8. The molecule has 8 bridgehead atoms. The van der Waals surface area contributed by atoms with Gasteiger partial charge in [0, 0.05) is 47.3 Å². The van der Waals surface area contributed by atoms with Crippen LogP contribution in [0.3, 0.4) is 0 Å². The first-order valence-corrected chi connectivity index (χ1v) is 26.9. The Bertz CT molecular complexity index is 1960. The molecule has 8 fully saturated rings. The molecule has 0 saturated heterocycles. The Labute approximate surface area is 380 Å². The van der Waals surface area contributed by atoms with Crippen LogP contribution in [0.5, 0.6) is 0 Å². The van der Waals surface area contributed by atoms with Crippen LogP contribution >= 0.6 is 0 Å². The van der Waals surface area contributed by atoms with Gasteiger partial charge in [0.05, 0.1) is 63.5 Å². The summed E-state index contributed by atoms with van der Waals surface area (Å²) < 4.78 is 131. The molecule has 0 heterocycles. The summed E-state index contributed by atoms with van der Waals surface area (Å²) in [4.78, 5) is 47.4. The average Bonchev–Trinajstić information content (AvgIpc) is 3.79. The van der Waals surface area contributed by atoms with E-state index in [9.17, 15) is 71.1 Å². The molecule has 8 saturated carbocycles. The van der Waals surface area contributed by atoms with Gasteiger partial charge in [-0.15, -0.1) is 0 Å². The van der Waals surface area contributed by atoms with Crippen LogP contribution in [0.25, 0.3) is 0 Å². The maximum Gasteiger partial charge on any atom is 4.00 e. The van der Waals surface area contributed by atoms with Crippen LogP contribution in [0.2, 0.25) is 0 Å². The zero-order valence-corrected chi connectivity index (χ0v) is 42.0. The van der Waals surface area contributed by atoms with E-state index in [4.69, 9.17) is 0 Å². The van der Waals surface area contributed by atoms with Gasteiger partial charge in [0.1, 0.15) is 23.1 Å². The van der Waals surface area contributed by atoms with Crippen molar-refractivity contribution in [3.05, 3.63) is 0 Å². The van der Waals surface area contributed by atoms with E-state index in [1.807, 2.05) is 55.4 Å². The topological polar surface area (TPSA) is 297 Å². The monoisotopic (exact) mass is 1010 g/mol. The number of carbonyl (C=O) groups excluding carboxylic acids is 4. The Morgan fingerprint density at radius 1 is 0.377 bits per heavy atom. The number of rotatable bonds is 8. The first kappa shape index (κ1) is 52.8. The Morgan fingerprint density at radius 3 is 0.607 bits per heavy atom. The van der Waals surface area contributed by atoms with Gasteiger partial charge in [0.25, 0.3) is 0 Å². The Kier molecular flexibility index (Phi) is 14.0. The summed E-state index contributed by atoms with van der Waals surface area (Å²) in [7, 11) is -17.3. The Balaban J connectivity index is 0.000000178. The molecule has 0 amide bonds. The smallest absolute Gasteiger partial charge is 0.748 e. The molecule has 0 N–H and O–H groups in total. The summed E-state index contributed by atoms with van der Waals surface area (Å²) in [5.41, 5.74) is -4.89. The van der Waals surface area contributed by atoms with Crippen molar-refractivity contribution >= 4 is 63.6 Å². The van der Waals surface area contributed by atoms with E-state index in [0.717, 1.165) is 25.7 Å². The van der Waals surface area contributed by atoms with Gasteiger partial charge in [-0.25, -0.2) is 33.7 Å². The molecule has 8 aliphatic rings. The molecular weight excluding hydrogens is 956 g/mol. The van der Waals surface area contributed by atoms with E-state index in [1.165, 1.54) is 0 Å². The van der Waals surface area contributed by atoms with Crippen molar-refractivity contribution in [3.8, 4) is 0 Å². The number of Topliss-reactive ketones (excluding diaryl/α,β-unsaturated/α-hetero) is 4. The molecule has 0 aromatic heterocycles. The van der Waals surface area contributed by atoms with E-state index in [0.29, 0.717) is 51.4 Å². The normalized spacial score (nSPS) is 38.0. The van der Waals surface area contributed by atoms with Crippen LogP contribution in [-0.2, 0) is 85.9 Å². The average molecular weight is 1020 g/mol. The third-order valence-corrected chi connectivity index (χ3v) is 21.6. The van der Waals surface area contributed by atoms with Gasteiger partial charge in [-0.3, -0.25) is 19.2 Å². The zero-order valence-electron chi connectivity index (χ0n) is 36.3. The van der Waals surface area contributed by atoms with Gasteiger partial charge in [0.15, 0.2) is 0 Å². The second-order valence-corrected chi connectivity index (χ2v) is 27.1. The van der Waals surface area contributed by atoms with Crippen molar-refractivity contribution in [1.29, 1.82) is 0 Å². The molecule has 21 heteroatoms. The van der Waals surface area contributed by atoms with Crippen molar-refractivity contribution in [2.45, 2.75) is 132 Å². The van der Waals surface area contributed by atoms with Crippen molar-refractivity contribution in [3.63, 3.8) is 0 Å². The van der Waals surface area contributed by atoms with Crippen LogP contribution in [0.1, 0.15) is 132 Å². The summed E-state index contributed by atoms with van der Waals surface area (Å²) in [6.45, 7) is 15.3. The third-order valence-electron chi connectivity index (χ3n) is 18.2. The fraction of sp³-hybridized carbons (Fsp3) is 0.900. The third kappa shape index (κ3) is 8.94. The summed E-state index contributed by atoms with van der Waals surface area (Å²) in [5.74, 6) is -1.12. The molecule has 344 valence electrons. The molecule has 8 rings (SSSR count). The van der Waals surface area contributed by atoms with Crippen molar-refractivity contribution in [1.82, 2.24) is 0 Å². The standard InChI is InChI=1S/4C10H16O4S.Zr/c4*1-9(2)7-3-4-10(9,8(11)5-7)6-15(12,13)14;/h4*7H,3-6H2,1-2H3,(H,12,13,14);/q;;;;+4/p-4/t4*7-,10-;/m1111./s1. The minimum Gasteiger partial charge on any atom is -0.748 e. The van der Waals surface area contributed by atoms with Crippen LogP contribution in [0.15, 0.2) is 0 Å². The summed E-state index contributed by atoms with van der Waals surface area (Å²) >= 11 is 0. The predicted octanol–water partition coefficient (Wildman–Crippen LogP) is 3.71. The molecular formula is C40H60O16S4Zr. The zero-order chi connectivity index (χ0) is 45.9. The van der Waals surface area contributed by atoms with E-state index in [1.54, 1.807) is 0 Å². The van der Waals surface area contributed by atoms with Crippen molar-refractivity contribution in [2.75, 3.05) is 23.0 Å². The minimum absolute atomic E-state index is 0. The first-order valence-electron chi connectivity index (χ1n) is 20.6. The number of hydrogen-bond acceptors (Lipinski definition) is 16. The van der Waals surface area contributed by atoms with Gasteiger partial charge in [0.2, 0.25) is 0 Å². The molecule has 0 aromatic carbocycles. The molecule has 0 aliphatic heterocycles. The SMILES string of the molecule is CC1(C)[C@@H]2CC[C@@]1(CS(=O)(=O)[O-])C(=O)C2.CC1(C)[C@@H]2CC[C@@]1(CS(=O)(=O)[O-])C(=O)C2.CC1(C)[C@@H]2CC[C@@]1(CS(=O)(=O)[O-])C(=O)C2.CC1(C)[C@@H]2CC[C@@]1(CS(=O)(=O)[O-])C(=O)C2.[Zr+4]. The second kappa shape index (κ2) is 16.2.